The Morgan fingerprint density at radius 2 is 2.15 bits per heavy atom. The van der Waals surface area contributed by atoms with Crippen molar-refractivity contribution < 1.29 is 17.6 Å². The number of anilines is 1. The number of amides is 2. The Balaban J connectivity index is 1.55. The molecule has 0 spiro atoms. The van der Waals surface area contributed by atoms with Crippen molar-refractivity contribution in [2.45, 2.75) is 12.8 Å². The lowest BCUT2D eigenvalue weighted by atomic mass is 10.2. The van der Waals surface area contributed by atoms with E-state index in [1.54, 1.807) is 6.07 Å². The first-order chi connectivity index (χ1) is 12.9. The van der Waals surface area contributed by atoms with Gasteiger partial charge in [-0.2, -0.15) is 5.26 Å². The first kappa shape index (κ1) is 18.8. The van der Waals surface area contributed by atoms with Gasteiger partial charge in [-0.15, -0.1) is 5.10 Å². The van der Waals surface area contributed by atoms with E-state index in [4.69, 9.17) is 5.26 Å². The predicted molar refractivity (Wildman–Crippen MR) is 96.6 cm³/mol. The Kier molecular flexibility index (Phi) is 5.41. The number of urea groups is 1. The molecule has 0 bridgehead atoms. The summed E-state index contributed by atoms with van der Waals surface area (Å²) < 4.78 is 38.6. The Labute approximate surface area is 155 Å². The van der Waals surface area contributed by atoms with E-state index in [2.05, 4.69) is 15.7 Å². The summed E-state index contributed by atoms with van der Waals surface area (Å²) in [5.41, 5.74) is 0.0922. The van der Waals surface area contributed by atoms with Crippen molar-refractivity contribution in [3.8, 4) is 11.8 Å². The van der Waals surface area contributed by atoms with Crippen LogP contribution in [0.4, 0.5) is 15.0 Å². The highest BCUT2D eigenvalue weighted by Crippen LogP contribution is 2.30. The number of aromatic nitrogens is 2. The standard InChI is InChI=1S/C17H18FN5O3S/c18-14-2-1-3-15(13(14)10-19)23-8-6-16(22-23)21-17(24)20-7-9-27(25,26)11-12-4-5-12/h1-3,6,8,12H,4-5,7,9,11H2,(H2,20,21,22,24). The lowest BCUT2D eigenvalue weighted by Crippen LogP contribution is -2.33. The molecule has 0 unspecified atom stereocenters. The molecule has 8 nitrogen and oxygen atoms in total. The number of hydrogen-bond acceptors (Lipinski definition) is 5. The van der Waals surface area contributed by atoms with E-state index in [1.807, 2.05) is 0 Å². The summed E-state index contributed by atoms with van der Waals surface area (Å²) in [6.07, 6.45) is 3.38. The molecule has 1 aliphatic carbocycles. The molecule has 2 N–H and O–H groups in total. The summed E-state index contributed by atoms with van der Waals surface area (Å²) in [6, 6.07) is 6.83. The maximum absolute atomic E-state index is 13.7. The molecule has 1 aliphatic rings. The molecule has 1 aromatic carbocycles. The first-order valence-corrected chi connectivity index (χ1v) is 10.2. The summed E-state index contributed by atoms with van der Waals surface area (Å²) in [7, 11) is -3.16. The average Bonchev–Trinajstić information content (AvgIpc) is 3.28. The van der Waals surface area contributed by atoms with Gasteiger partial charge in [0.25, 0.3) is 0 Å². The lowest BCUT2D eigenvalue weighted by molar-refractivity contribution is 0.252. The van der Waals surface area contributed by atoms with Gasteiger partial charge in [-0.25, -0.2) is 22.3 Å². The second kappa shape index (κ2) is 7.75. The number of nitrogens with zero attached hydrogens (tertiary/aromatic N) is 3. The minimum atomic E-state index is -3.16. The topological polar surface area (TPSA) is 117 Å². The van der Waals surface area contributed by atoms with Gasteiger partial charge in [0, 0.05) is 18.8 Å². The molecule has 2 aromatic rings. The molecule has 3 rings (SSSR count). The zero-order valence-electron chi connectivity index (χ0n) is 14.4. The van der Waals surface area contributed by atoms with Crippen molar-refractivity contribution in [1.82, 2.24) is 15.1 Å². The van der Waals surface area contributed by atoms with Crippen LogP contribution in [0, 0.1) is 23.1 Å². The molecule has 27 heavy (non-hydrogen) atoms. The number of nitrogens with one attached hydrogen (secondary N) is 2. The van der Waals surface area contributed by atoms with Gasteiger partial charge in [-0.1, -0.05) is 6.07 Å². The van der Waals surface area contributed by atoms with Crippen molar-refractivity contribution in [2.24, 2.45) is 5.92 Å². The highest BCUT2D eigenvalue weighted by Gasteiger charge is 2.27. The van der Waals surface area contributed by atoms with Crippen molar-refractivity contribution in [3.05, 3.63) is 41.8 Å². The largest absolute Gasteiger partial charge is 0.337 e. The lowest BCUT2D eigenvalue weighted by Gasteiger charge is -2.07. The van der Waals surface area contributed by atoms with Crippen molar-refractivity contribution >= 4 is 21.7 Å². The molecule has 0 atom stereocenters. The van der Waals surface area contributed by atoms with Gasteiger partial charge in [-0.3, -0.25) is 5.32 Å². The molecule has 1 aromatic heterocycles. The first-order valence-electron chi connectivity index (χ1n) is 8.38. The van der Waals surface area contributed by atoms with Crippen molar-refractivity contribution in [2.75, 3.05) is 23.4 Å². The second-order valence-electron chi connectivity index (χ2n) is 6.33. The van der Waals surface area contributed by atoms with Crippen LogP contribution in [0.5, 0.6) is 0 Å². The Hall–Kier alpha value is -2.93. The highest BCUT2D eigenvalue weighted by atomic mass is 32.2. The maximum Gasteiger partial charge on any atom is 0.320 e. The van der Waals surface area contributed by atoms with Crippen LogP contribution in [-0.4, -0.2) is 42.3 Å². The highest BCUT2D eigenvalue weighted by molar-refractivity contribution is 7.91. The fraction of sp³-hybridized carbons (Fsp3) is 0.353. The zero-order chi connectivity index (χ0) is 19.4. The third kappa shape index (κ3) is 5.04. The number of hydrogen-bond donors (Lipinski definition) is 2. The van der Waals surface area contributed by atoms with Crippen molar-refractivity contribution in [1.29, 1.82) is 5.26 Å². The fourth-order valence-corrected chi connectivity index (χ4v) is 4.18. The van der Waals surface area contributed by atoms with E-state index < -0.39 is 21.7 Å². The number of nitriles is 1. The van der Waals surface area contributed by atoms with Crippen LogP contribution in [0.1, 0.15) is 18.4 Å². The molecular weight excluding hydrogens is 373 g/mol. The number of sulfone groups is 1. The van der Waals surface area contributed by atoms with Gasteiger partial charge < -0.3 is 5.32 Å². The van der Waals surface area contributed by atoms with Crippen LogP contribution < -0.4 is 10.6 Å². The van der Waals surface area contributed by atoms with Crippen LogP contribution in [0.2, 0.25) is 0 Å². The summed E-state index contributed by atoms with van der Waals surface area (Å²) in [5, 5.41) is 18.1. The van der Waals surface area contributed by atoms with Crippen molar-refractivity contribution in [3.63, 3.8) is 0 Å². The van der Waals surface area contributed by atoms with E-state index in [0.717, 1.165) is 12.8 Å². The predicted octanol–water partition coefficient (Wildman–Crippen LogP) is 1.83. The fourth-order valence-electron chi connectivity index (χ4n) is 2.55. The number of benzene rings is 1. The molecule has 142 valence electrons. The van der Waals surface area contributed by atoms with Crippen LogP contribution in [0.25, 0.3) is 5.69 Å². The Morgan fingerprint density at radius 3 is 2.85 bits per heavy atom. The van der Waals surface area contributed by atoms with Crippen LogP contribution in [-0.2, 0) is 9.84 Å². The minimum Gasteiger partial charge on any atom is -0.337 e. The van der Waals surface area contributed by atoms with Crippen LogP contribution in [0.3, 0.4) is 0 Å². The summed E-state index contributed by atoms with van der Waals surface area (Å²) in [4.78, 5) is 11.9. The molecule has 0 radical (unpaired) electrons. The second-order valence-corrected chi connectivity index (χ2v) is 8.56. The summed E-state index contributed by atoms with van der Waals surface area (Å²) >= 11 is 0. The van der Waals surface area contributed by atoms with E-state index in [0.29, 0.717) is 0 Å². The third-order valence-electron chi connectivity index (χ3n) is 4.07. The molecule has 1 saturated carbocycles. The smallest absolute Gasteiger partial charge is 0.320 e. The average molecular weight is 391 g/mol. The van der Waals surface area contributed by atoms with Gasteiger partial charge in [0.15, 0.2) is 15.7 Å². The SMILES string of the molecule is N#Cc1c(F)cccc1-n1ccc(NC(=O)NCCS(=O)(=O)CC2CC2)n1. The Morgan fingerprint density at radius 1 is 1.37 bits per heavy atom. The molecule has 0 aliphatic heterocycles. The normalized spacial score (nSPS) is 13.8. The molecule has 1 fully saturated rings. The number of rotatable bonds is 7. The molecule has 2 amide bonds. The Bertz CT molecular complexity index is 992. The molecular formula is C17H18FN5O3S. The number of carbonyl (C=O) groups excluding carboxylic acids is 1. The van der Waals surface area contributed by atoms with Gasteiger partial charge >= 0.3 is 6.03 Å². The van der Waals surface area contributed by atoms with Crippen LogP contribution >= 0.6 is 0 Å². The van der Waals surface area contributed by atoms with Gasteiger partial charge in [0.05, 0.1) is 17.2 Å². The van der Waals surface area contributed by atoms with E-state index in [-0.39, 0.29) is 41.0 Å². The maximum atomic E-state index is 13.7. The molecule has 1 heterocycles. The quantitative estimate of drug-likeness (QED) is 0.747. The van der Waals surface area contributed by atoms with Gasteiger partial charge in [-0.05, 0) is 30.9 Å². The molecule has 10 heteroatoms. The summed E-state index contributed by atoms with van der Waals surface area (Å²) in [5.74, 6) is -0.143. The monoisotopic (exact) mass is 391 g/mol. The van der Waals surface area contributed by atoms with E-state index in [1.165, 1.54) is 35.1 Å². The minimum absolute atomic E-state index is 0.00404. The number of carbonyl (C=O) groups is 1. The van der Waals surface area contributed by atoms with E-state index >= 15 is 0 Å². The summed E-state index contributed by atoms with van der Waals surface area (Å²) in [6.45, 7) is 0.00404. The zero-order valence-corrected chi connectivity index (χ0v) is 15.2. The van der Waals surface area contributed by atoms with Gasteiger partial charge in [0.1, 0.15) is 17.4 Å². The van der Waals surface area contributed by atoms with E-state index in [9.17, 15) is 17.6 Å². The van der Waals surface area contributed by atoms with Crippen LogP contribution in [0.15, 0.2) is 30.5 Å². The van der Waals surface area contributed by atoms with Gasteiger partial charge in [0.2, 0.25) is 0 Å². The third-order valence-corrected chi connectivity index (χ3v) is 5.87. The molecule has 0 saturated heterocycles. The number of halogens is 1.